The smallest absolute Gasteiger partial charge is 0.459 e. The number of aromatic hydroxyl groups is 1. The van der Waals surface area contributed by atoms with Crippen LogP contribution in [-0.2, 0) is 32.9 Å². The number of methoxy groups -OCH3 is 1. The lowest BCUT2D eigenvalue weighted by molar-refractivity contribution is -0.142. The van der Waals surface area contributed by atoms with Gasteiger partial charge in [-0.15, -0.1) is 0 Å². The molecular weight excluding hydrogens is 499 g/mol. The molecule has 1 aliphatic heterocycles. The molecule has 6 atom stereocenters. The number of carbonyl (C=O) groups excluding carboxylic acids is 4. The number of hydrogen-bond donors (Lipinski definition) is 3. The predicted molar refractivity (Wildman–Crippen MR) is 121 cm³/mol. The van der Waals surface area contributed by atoms with Crippen LogP contribution in [0, 0.1) is 11.8 Å². The Balaban J connectivity index is 1.83. The minimum absolute atomic E-state index is 0.163. The molecule has 15 heteroatoms. The number of nitrogens with one attached hydrogen (secondary N) is 1. The first kappa shape index (κ1) is 27.0. The third-order valence-electron chi connectivity index (χ3n) is 5.39. The van der Waals surface area contributed by atoms with E-state index in [1.54, 1.807) is 18.2 Å². The molecule has 14 nitrogen and oxygen atoms in total. The van der Waals surface area contributed by atoms with E-state index in [1.807, 2.05) is 0 Å². The van der Waals surface area contributed by atoms with E-state index >= 15 is 0 Å². The van der Waals surface area contributed by atoms with Crippen molar-refractivity contribution < 1.29 is 47.4 Å². The van der Waals surface area contributed by atoms with E-state index in [2.05, 4.69) is 14.8 Å². The van der Waals surface area contributed by atoms with Crippen LogP contribution < -0.4 is 15.3 Å². The van der Waals surface area contributed by atoms with Crippen molar-refractivity contribution >= 4 is 32.2 Å². The normalized spacial score (nSPS) is 23.8. The largest absolute Gasteiger partial charge is 0.493 e. The fourth-order valence-electron chi connectivity index (χ4n) is 3.60. The molecule has 0 aliphatic carbocycles. The number of primary amides is 1. The summed E-state index contributed by atoms with van der Waals surface area (Å²) >= 11 is 0. The quantitative estimate of drug-likeness (QED) is 0.198. The zero-order valence-corrected chi connectivity index (χ0v) is 20.1. The van der Waals surface area contributed by atoms with E-state index in [-0.39, 0.29) is 5.75 Å². The Morgan fingerprint density at radius 3 is 2.50 bits per heavy atom. The summed E-state index contributed by atoms with van der Waals surface area (Å²) in [6.07, 6.45) is -0.438. The number of ether oxygens (including phenoxy) is 2. The molecule has 0 radical (unpaired) electrons. The zero-order valence-electron chi connectivity index (χ0n) is 19.3. The van der Waals surface area contributed by atoms with Gasteiger partial charge in [0.25, 0.3) is 5.91 Å². The Morgan fingerprint density at radius 1 is 1.28 bits per heavy atom. The number of carbonyl (C=O) groups is 4. The van der Waals surface area contributed by atoms with Crippen molar-refractivity contribution in [3.8, 4) is 11.6 Å². The summed E-state index contributed by atoms with van der Waals surface area (Å²) in [7, 11) is -3.10. The Bertz CT molecular complexity index is 1160. The molecule has 1 saturated heterocycles. The van der Waals surface area contributed by atoms with E-state index in [0.717, 1.165) is 18.0 Å². The maximum atomic E-state index is 13.5. The molecule has 0 saturated carbocycles. The second kappa shape index (κ2) is 11.4. The molecule has 1 fully saturated rings. The van der Waals surface area contributed by atoms with Gasteiger partial charge < -0.3 is 34.4 Å². The van der Waals surface area contributed by atoms with E-state index < -0.39 is 68.0 Å². The molecule has 1 amide bonds. The number of esters is 1. The van der Waals surface area contributed by atoms with Gasteiger partial charge in [0.2, 0.25) is 5.88 Å². The van der Waals surface area contributed by atoms with Crippen LogP contribution in [0.15, 0.2) is 36.7 Å². The number of rotatable bonds is 12. The van der Waals surface area contributed by atoms with Gasteiger partial charge in [0.1, 0.15) is 36.9 Å². The van der Waals surface area contributed by atoms with Gasteiger partial charge in [-0.1, -0.05) is 18.2 Å². The van der Waals surface area contributed by atoms with Crippen molar-refractivity contribution in [1.82, 2.24) is 14.6 Å². The lowest BCUT2D eigenvalue weighted by atomic mass is 9.92. The van der Waals surface area contributed by atoms with Crippen molar-refractivity contribution in [3.63, 3.8) is 0 Å². The maximum absolute atomic E-state index is 13.5. The number of benzene rings is 1. The number of imidazole rings is 1. The summed E-state index contributed by atoms with van der Waals surface area (Å²) in [4.78, 5) is 50.7. The predicted octanol–water partition coefficient (Wildman–Crippen LogP) is 0.570. The molecule has 2 heterocycles. The van der Waals surface area contributed by atoms with Crippen LogP contribution in [0.25, 0.3) is 0 Å². The fourth-order valence-corrected chi connectivity index (χ4v) is 5.10. The lowest BCUT2D eigenvalue weighted by Crippen LogP contribution is -2.35. The molecule has 0 bridgehead atoms. The van der Waals surface area contributed by atoms with Crippen molar-refractivity contribution in [2.45, 2.75) is 25.3 Å². The number of nitrogens with zero attached hydrogens (tertiary/aromatic N) is 2. The number of nitrogens with two attached hydrogens (primary N) is 1. The van der Waals surface area contributed by atoms with Crippen LogP contribution in [0.4, 0.5) is 0 Å². The van der Waals surface area contributed by atoms with Crippen molar-refractivity contribution in [3.05, 3.63) is 42.4 Å². The van der Waals surface area contributed by atoms with Crippen molar-refractivity contribution in [2.24, 2.45) is 17.6 Å². The Kier molecular flexibility index (Phi) is 8.58. The van der Waals surface area contributed by atoms with Gasteiger partial charge in [-0.25, -0.2) is 9.55 Å². The topological polar surface area (TPSA) is 198 Å². The molecule has 36 heavy (non-hydrogen) atoms. The van der Waals surface area contributed by atoms with Gasteiger partial charge in [-0.2, -0.15) is 5.09 Å². The molecule has 3 rings (SSSR count). The fraction of sp³-hybridized carbons (Fsp3) is 0.381. The van der Waals surface area contributed by atoms with Crippen LogP contribution >= 0.6 is 7.75 Å². The lowest BCUT2D eigenvalue weighted by Gasteiger charge is -2.24. The SMILES string of the molecule is COC(=O)C(C)NP(=O)(OC[C@H]1O[C@@H](n2cnc(C(N)=O)c2O)C(C=O)C1C=O)Oc1ccccc1. The van der Waals surface area contributed by atoms with Crippen LogP contribution in [0.5, 0.6) is 11.6 Å². The maximum Gasteiger partial charge on any atom is 0.459 e. The standard InChI is InChI=1S/C21H25N4O10P/c1-12(21(30)32-2)24-36(31,35-13-6-4-3-5-7-13)33-10-16-14(8-26)15(9-27)20(34-16)25-11-23-17(18(22)28)19(25)29/h3-9,11-12,14-16,20,29H,10H2,1-2H3,(H2,22,28)(H,24,31)/t12?,14?,15?,16-,20-,36?/m1/s1. The molecule has 4 unspecified atom stereocenters. The van der Waals surface area contributed by atoms with E-state index in [9.17, 15) is 28.8 Å². The van der Waals surface area contributed by atoms with Gasteiger partial charge >= 0.3 is 13.7 Å². The molecule has 1 aromatic heterocycles. The first-order valence-electron chi connectivity index (χ1n) is 10.6. The highest BCUT2D eigenvalue weighted by atomic mass is 31.2. The number of aromatic nitrogens is 2. The zero-order chi connectivity index (χ0) is 26.5. The molecule has 1 aromatic carbocycles. The van der Waals surface area contributed by atoms with E-state index in [0.29, 0.717) is 12.6 Å². The first-order chi connectivity index (χ1) is 17.1. The molecule has 0 spiro atoms. The summed E-state index contributed by atoms with van der Waals surface area (Å²) in [5.74, 6) is -4.44. The first-order valence-corrected chi connectivity index (χ1v) is 12.1. The average molecular weight is 524 g/mol. The number of para-hydroxylation sites is 1. The highest BCUT2D eigenvalue weighted by molar-refractivity contribution is 7.52. The van der Waals surface area contributed by atoms with E-state index in [1.165, 1.54) is 19.1 Å². The Morgan fingerprint density at radius 2 is 1.94 bits per heavy atom. The van der Waals surface area contributed by atoms with Crippen LogP contribution in [-0.4, -0.2) is 65.0 Å². The van der Waals surface area contributed by atoms with Gasteiger partial charge in [0, 0.05) is 0 Å². The minimum atomic E-state index is -4.26. The molecular formula is C21H25N4O10P. The van der Waals surface area contributed by atoms with Crippen LogP contribution in [0.3, 0.4) is 0 Å². The molecule has 1 aliphatic rings. The summed E-state index contributed by atoms with van der Waals surface area (Å²) in [6.45, 7) is 0.862. The van der Waals surface area contributed by atoms with Crippen LogP contribution in [0.2, 0.25) is 0 Å². The van der Waals surface area contributed by atoms with E-state index in [4.69, 9.17) is 19.5 Å². The second-order valence-corrected chi connectivity index (χ2v) is 9.45. The van der Waals surface area contributed by atoms with Crippen LogP contribution in [0.1, 0.15) is 23.6 Å². The summed E-state index contributed by atoms with van der Waals surface area (Å²) < 4.78 is 35.9. The highest BCUT2D eigenvalue weighted by Crippen LogP contribution is 2.47. The van der Waals surface area contributed by atoms with Crippen molar-refractivity contribution in [1.29, 1.82) is 0 Å². The highest BCUT2D eigenvalue weighted by Gasteiger charge is 2.47. The third-order valence-corrected chi connectivity index (χ3v) is 7.03. The van der Waals surface area contributed by atoms with Crippen molar-refractivity contribution in [2.75, 3.05) is 13.7 Å². The van der Waals surface area contributed by atoms with Gasteiger partial charge in [-0.3, -0.25) is 18.7 Å². The summed E-state index contributed by atoms with van der Waals surface area (Å²) in [6, 6.07) is 6.89. The average Bonchev–Trinajstić information content (AvgIpc) is 3.42. The number of aldehydes is 2. The minimum Gasteiger partial charge on any atom is -0.493 e. The monoisotopic (exact) mass is 524 g/mol. The second-order valence-electron chi connectivity index (χ2n) is 7.75. The molecule has 4 N–H and O–H groups in total. The third kappa shape index (κ3) is 5.79. The van der Waals surface area contributed by atoms with Gasteiger partial charge in [-0.05, 0) is 19.1 Å². The number of hydrogen-bond acceptors (Lipinski definition) is 11. The Labute approximate surface area is 205 Å². The van der Waals surface area contributed by atoms with Gasteiger partial charge in [0.15, 0.2) is 5.69 Å². The summed E-state index contributed by atoms with van der Waals surface area (Å²) in [5, 5.41) is 12.7. The Hall–Kier alpha value is -3.58. The molecule has 194 valence electrons. The molecule has 2 aromatic rings. The summed E-state index contributed by atoms with van der Waals surface area (Å²) in [5.41, 5.74) is 4.71. The number of amides is 1. The van der Waals surface area contributed by atoms with Gasteiger partial charge in [0.05, 0.1) is 31.7 Å².